The molecule has 144 valence electrons. The van der Waals surface area contributed by atoms with Gasteiger partial charge in [-0.05, 0) is 67.0 Å². The Hall–Kier alpha value is -3.47. The number of hydrogen-bond donors (Lipinski definition) is 2. The molecule has 0 saturated heterocycles. The molecule has 0 aromatic heterocycles. The van der Waals surface area contributed by atoms with E-state index in [0.717, 1.165) is 35.7 Å². The summed E-state index contributed by atoms with van der Waals surface area (Å²) in [4.78, 5) is 14.5. The van der Waals surface area contributed by atoms with Crippen molar-refractivity contribution in [2.75, 3.05) is 29.2 Å². The monoisotopic (exact) mass is 375 g/mol. The number of ether oxygens (including phenoxy) is 1. The quantitative estimate of drug-likeness (QED) is 0.657. The van der Waals surface area contributed by atoms with Gasteiger partial charge in [-0.3, -0.25) is 0 Å². The molecule has 5 heteroatoms. The Kier molecular flexibility index (Phi) is 6.17. The number of amides is 2. The molecule has 1 heterocycles. The highest BCUT2D eigenvalue weighted by Crippen LogP contribution is 2.27. The van der Waals surface area contributed by atoms with Gasteiger partial charge in [-0.1, -0.05) is 18.2 Å². The van der Waals surface area contributed by atoms with Crippen LogP contribution in [0.2, 0.25) is 0 Å². The number of carbonyl (C=O) groups is 1. The summed E-state index contributed by atoms with van der Waals surface area (Å²) in [5.74, 6) is 0.744. The summed E-state index contributed by atoms with van der Waals surface area (Å²) in [5.41, 5.74) is 4.94. The molecule has 0 saturated carbocycles. The summed E-state index contributed by atoms with van der Waals surface area (Å²) in [6.07, 6.45) is 8.99. The highest BCUT2D eigenvalue weighted by Gasteiger charge is 2.13. The summed E-state index contributed by atoms with van der Waals surface area (Å²) in [7, 11) is 1.61. The van der Waals surface area contributed by atoms with Crippen molar-refractivity contribution in [3.05, 3.63) is 84.6 Å². The first-order chi connectivity index (χ1) is 13.6. The zero-order valence-corrected chi connectivity index (χ0v) is 16.2. The van der Waals surface area contributed by atoms with Crippen molar-refractivity contribution in [1.29, 1.82) is 0 Å². The standard InChI is InChI=1S/C23H25N3O2/c1-4-6-18-7-5-14-26(16-18)22-15-20(9-8-17(22)2)25-23(27)24-19-10-12-21(28-3)13-11-19/h4-5,7-15H,1,6,16H2,2-3H3,(H2,24,25,27). The Balaban J connectivity index is 1.68. The molecule has 2 amide bonds. The van der Waals surface area contributed by atoms with Crippen LogP contribution in [0.25, 0.3) is 0 Å². The molecular formula is C23H25N3O2. The molecule has 0 spiro atoms. The number of aryl methyl sites for hydroxylation is 1. The fraction of sp³-hybridized carbons (Fsp3) is 0.174. The number of nitrogens with one attached hydrogen (secondary N) is 2. The van der Waals surface area contributed by atoms with Gasteiger partial charge in [-0.15, -0.1) is 6.58 Å². The van der Waals surface area contributed by atoms with E-state index in [1.165, 1.54) is 5.57 Å². The van der Waals surface area contributed by atoms with E-state index in [1.807, 2.05) is 30.4 Å². The average Bonchev–Trinajstić information content (AvgIpc) is 2.70. The number of hydrogen-bond acceptors (Lipinski definition) is 3. The largest absolute Gasteiger partial charge is 0.497 e. The number of benzene rings is 2. The van der Waals surface area contributed by atoms with Gasteiger partial charge in [0.15, 0.2) is 0 Å². The maximum absolute atomic E-state index is 12.3. The topological polar surface area (TPSA) is 53.6 Å². The lowest BCUT2D eigenvalue weighted by Crippen LogP contribution is -2.23. The van der Waals surface area contributed by atoms with E-state index in [-0.39, 0.29) is 6.03 Å². The molecule has 3 rings (SSSR count). The maximum atomic E-state index is 12.3. The summed E-state index contributed by atoms with van der Waals surface area (Å²) in [5, 5.41) is 5.72. The van der Waals surface area contributed by atoms with E-state index in [1.54, 1.807) is 31.4 Å². The Bertz CT molecular complexity index is 914. The molecule has 5 nitrogen and oxygen atoms in total. The highest BCUT2D eigenvalue weighted by atomic mass is 16.5. The molecule has 0 unspecified atom stereocenters. The van der Waals surface area contributed by atoms with E-state index in [9.17, 15) is 4.79 Å². The lowest BCUT2D eigenvalue weighted by atomic mass is 10.1. The number of urea groups is 1. The first-order valence-corrected chi connectivity index (χ1v) is 9.15. The summed E-state index contributed by atoms with van der Waals surface area (Å²) in [6, 6.07) is 12.8. The number of anilines is 3. The third kappa shape index (κ3) is 4.82. The number of rotatable bonds is 6. The molecule has 0 fully saturated rings. The fourth-order valence-corrected chi connectivity index (χ4v) is 3.06. The minimum atomic E-state index is -0.290. The van der Waals surface area contributed by atoms with Crippen LogP contribution in [0.3, 0.4) is 0 Å². The van der Waals surface area contributed by atoms with Crippen LogP contribution in [0.5, 0.6) is 5.75 Å². The Labute approximate surface area is 166 Å². The van der Waals surface area contributed by atoms with Crippen LogP contribution in [0.1, 0.15) is 12.0 Å². The molecule has 0 radical (unpaired) electrons. The van der Waals surface area contributed by atoms with Crippen molar-refractivity contribution in [3.8, 4) is 5.75 Å². The first-order valence-electron chi connectivity index (χ1n) is 9.15. The summed E-state index contributed by atoms with van der Waals surface area (Å²) >= 11 is 0. The molecule has 0 bridgehead atoms. The van der Waals surface area contributed by atoms with Crippen molar-refractivity contribution in [2.45, 2.75) is 13.3 Å². The second kappa shape index (κ2) is 8.95. The third-order valence-corrected chi connectivity index (χ3v) is 4.50. The van der Waals surface area contributed by atoms with Crippen LogP contribution in [0.15, 0.2) is 79.0 Å². The molecule has 0 atom stereocenters. The van der Waals surface area contributed by atoms with Gasteiger partial charge in [0.25, 0.3) is 0 Å². The average molecular weight is 375 g/mol. The van der Waals surface area contributed by atoms with Crippen LogP contribution < -0.4 is 20.3 Å². The molecular weight excluding hydrogens is 350 g/mol. The van der Waals surface area contributed by atoms with Gasteiger partial charge in [-0.2, -0.15) is 0 Å². The molecule has 2 aromatic carbocycles. The number of nitrogens with zero attached hydrogens (tertiary/aromatic N) is 1. The number of methoxy groups -OCH3 is 1. The molecule has 28 heavy (non-hydrogen) atoms. The smallest absolute Gasteiger partial charge is 0.323 e. The van der Waals surface area contributed by atoms with Gasteiger partial charge < -0.3 is 20.3 Å². The zero-order chi connectivity index (χ0) is 19.9. The van der Waals surface area contributed by atoms with E-state index in [0.29, 0.717) is 5.69 Å². The zero-order valence-electron chi connectivity index (χ0n) is 16.2. The Morgan fingerprint density at radius 2 is 1.89 bits per heavy atom. The van der Waals surface area contributed by atoms with Crippen molar-refractivity contribution in [1.82, 2.24) is 0 Å². The fourth-order valence-electron chi connectivity index (χ4n) is 3.06. The van der Waals surface area contributed by atoms with E-state index in [4.69, 9.17) is 4.74 Å². The van der Waals surface area contributed by atoms with Crippen LogP contribution in [0, 0.1) is 6.92 Å². The predicted molar refractivity (Wildman–Crippen MR) is 116 cm³/mol. The first kappa shape index (κ1) is 19.3. The minimum Gasteiger partial charge on any atom is -0.497 e. The van der Waals surface area contributed by atoms with Crippen molar-refractivity contribution in [2.24, 2.45) is 0 Å². The minimum absolute atomic E-state index is 0.290. The number of carbonyl (C=O) groups excluding carboxylic acids is 1. The Morgan fingerprint density at radius 1 is 1.18 bits per heavy atom. The van der Waals surface area contributed by atoms with E-state index < -0.39 is 0 Å². The van der Waals surface area contributed by atoms with Gasteiger partial charge in [-0.25, -0.2) is 4.79 Å². The lowest BCUT2D eigenvalue weighted by Gasteiger charge is -2.26. The van der Waals surface area contributed by atoms with E-state index in [2.05, 4.69) is 41.3 Å². The van der Waals surface area contributed by atoms with Crippen LogP contribution >= 0.6 is 0 Å². The highest BCUT2D eigenvalue weighted by molar-refractivity contribution is 6.00. The predicted octanol–water partition coefficient (Wildman–Crippen LogP) is 5.48. The van der Waals surface area contributed by atoms with Crippen molar-refractivity contribution < 1.29 is 9.53 Å². The maximum Gasteiger partial charge on any atom is 0.323 e. The molecule has 2 N–H and O–H groups in total. The van der Waals surface area contributed by atoms with Gasteiger partial charge >= 0.3 is 6.03 Å². The molecule has 0 aliphatic carbocycles. The normalized spacial score (nSPS) is 12.9. The second-order valence-electron chi connectivity index (χ2n) is 6.60. The van der Waals surface area contributed by atoms with Gasteiger partial charge in [0.1, 0.15) is 5.75 Å². The molecule has 2 aromatic rings. The second-order valence-corrected chi connectivity index (χ2v) is 6.60. The lowest BCUT2D eigenvalue weighted by molar-refractivity contribution is 0.262. The Morgan fingerprint density at radius 3 is 2.61 bits per heavy atom. The van der Waals surface area contributed by atoms with Crippen molar-refractivity contribution >= 4 is 23.1 Å². The molecule has 1 aliphatic heterocycles. The summed E-state index contributed by atoms with van der Waals surface area (Å²) < 4.78 is 5.13. The van der Waals surface area contributed by atoms with Crippen LogP contribution in [-0.2, 0) is 0 Å². The summed E-state index contributed by atoms with van der Waals surface area (Å²) in [6.45, 7) is 6.69. The van der Waals surface area contributed by atoms with E-state index >= 15 is 0 Å². The van der Waals surface area contributed by atoms with Gasteiger partial charge in [0.05, 0.1) is 7.11 Å². The SMILES string of the molecule is C=CCC1=CC=CN(c2cc(NC(=O)Nc3ccc(OC)cc3)ccc2C)C1. The van der Waals surface area contributed by atoms with Gasteiger partial charge in [0.2, 0.25) is 0 Å². The molecule has 1 aliphatic rings. The third-order valence-electron chi connectivity index (χ3n) is 4.50. The number of allylic oxidation sites excluding steroid dienone is 3. The van der Waals surface area contributed by atoms with Crippen LogP contribution in [-0.4, -0.2) is 19.7 Å². The van der Waals surface area contributed by atoms with Crippen molar-refractivity contribution in [3.63, 3.8) is 0 Å². The van der Waals surface area contributed by atoms with Gasteiger partial charge in [0, 0.05) is 29.8 Å². The van der Waals surface area contributed by atoms with Crippen LogP contribution in [0.4, 0.5) is 21.9 Å².